The van der Waals surface area contributed by atoms with Gasteiger partial charge in [-0.15, -0.1) is 0 Å². The van der Waals surface area contributed by atoms with Crippen LogP contribution in [0, 0.1) is 11.6 Å². The van der Waals surface area contributed by atoms with Crippen LogP contribution in [0.1, 0.15) is 12.8 Å². The van der Waals surface area contributed by atoms with Crippen LogP contribution in [0.2, 0.25) is 0 Å². The fourth-order valence-electron chi connectivity index (χ4n) is 1.50. The highest BCUT2D eigenvalue weighted by Crippen LogP contribution is 2.17. The Bertz CT molecular complexity index is 395. The molecule has 106 valence electrons. The van der Waals surface area contributed by atoms with E-state index in [1.54, 1.807) is 11.8 Å². The van der Waals surface area contributed by atoms with Crippen molar-refractivity contribution in [3.63, 3.8) is 0 Å². The summed E-state index contributed by atoms with van der Waals surface area (Å²) in [7, 11) is 0. The van der Waals surface area contributed by atoms with Crippen LogP contribution >= 0.6 is 11.8 Å². The van der Waals surface area contributed by atoms with Crippen molar-refractivity contribution in [1.82, 2.24) is 5.32 Å². The van der Waals surface area contributed by atoms with E-state index in [0.29, 0.717) is 6.54 Å². The van der Waals surface area contributed by atoms with E-state index in [1.807, 2.05) is 6.26 Å². The average molecular weight is 288 g/mol. The Kier molecular flexibility index (Phi) is 7.43. The molecule has 1 aromatic rings. The molecule has 0 aliphatic carbocycles. The van der Waals surface area contributed by atoms with E-state index >= 15 is 0 Å². The first-order valence-corrected chi connectivity index (χ1v) is 7.48. The van der Waals surface area contributed by atoms with Crippen LogP contribution in [-0.4, -0.2) is 31.0 Å². The Hall–Kier alpha value is -1.14. The Labute approximate surface area is 116 Å². The molecule has 1 rings (SSSR count). The second-order valence-electron chi connectivity index (χ2n) is 4.02. The summed E-state index contributed by atoms with van der Waals surface area (Å²) in [4.78, 5) is 11.5. The standard InChI is InChI=1S/C13H18F2N2OS/c1-19-8-3-2-7-16-9-12(18)17-13-10(14)5-4-6-11(13)15/h4-6,16H,2-3,7-9H2,1H3,(H,17,18). The lowest BCUT2D eigenvalue weighted by atomic mass is 10.3. The number of amides is 1. The van der Waals surface area contributed by atoms with E-state index in [-0.39, 0.29) is 6.54 Å². The first-order valence-electron chi connectivity index (χ1n) is 6.08. The molecule has 3 nitrogen and oxygen atoms in total. The second kappa shape index (κ2) is 8.87. The van der Waals surface area contributed by atoms with Gasteiger partial charge in [-0.2, -0.15) is 11.8 Å². The van der Waals surface area contributed by atoms with Crippen LogP contribution < -0.4 is 10.6 Å². The summed E-state index contributed by atoms with van der Waals surface area (Å²) in [5.41, 5.74) is -0.392. The zero-order valence-electron chi connectivity index (χ0n) is 10.8. The number of halogens is 2. The molecule has 6 heteroatoms. The molecule has 0 unspecified atom stereocenters. The minimum Gasteiger partial charge on any atom is -0.320 e. The zero-order chi connectivity index (χ0) is 14.1. The predicted molar refractivity (Wildman–Crippen MR) is 75.5 cm³/mol. The molecule has 19 heavy (non-hydrogen) atoms. The van der Waals surface area contributed by atoms with Gasteiger partial charge in [0.1, 0.15) is 17.3 Å². The quantitative estimate of drug-likeness (QED) is 0.723. The molecule has 0 spiro atoms. The minimum atomic E-state index is -0.770. The molecule has 2 N–H and O–H groups in total. The summed E-state index contributed by atoms with van der Waals surface area (Å²) in [6, 6.07) is 3.47. The van der Waals surface area contributed by atoms with E-state index < -0.39 is 23.2 Å². The van der Waals surface area contributed by atoms with Crippen molar-refractivity contribution in [2.75, 3.05) is 30.4 Å². The number of nitrogens with one attached hydrogen (secondary N) is 2. The topological polar surface area (TPSA) is 41.1 Å². The molecule has 0 radical (unpaired) electrons. The number of benzene rings is 1. The summed E-state index contributed by atoms with van der Waals surface area (Å²) < 4.78 is 26.5. The lowest BCUT2D eigenvalue weighted by Gasteiger charge is -2.08. The number of para-hydroxylation sites is 1. The summed E-state index contributed by atoms with van der Waals surface area (Å²) in [5, 5.41) is 5.16. The average Bonchev–Trinajstić information content (AvgIpc) is 2.38. The van der Waals surface area contributed by atoms with Crippen LogP contribution in [0.5, 0.6) is 0 Å². The van der Waals surface area contributed by atoms with Gasteiger partial charge < -0.3 is 10.6 Å². The van der Waals surface area contributed by atoms with Gasteiger partial charge in [-0.3, -0.25) is 4.79 Å². The molecular formula is C13H18F2N2OS. The van der Waals surface area contributed by atoms with Crippen LogP contribution in [0.3, 0.4) is 0 Å². The maximum atomic E-state index is 13.3. The van der Waals surface area contributed by atoms with Crippen molar-refractivity contribution in [2.45, 2.75) is 12.8 Å². The minimum absolute atomic E-state index is 0.0487. The molecule has 0 bridgehead atoms. The summed E-state index contributed by atoms with van der Waals surface area (Å²) in [6.07, 6.45) is 4.10. The number of carbonyl (C=O) groups excluding carboxylic acids is 1. The van der Waals surface area contributed by atoms with Gasteiger partial charge in [0.25, 0.3) is 0 Å². The maximum Gasteiger partial charge on any atom is 0.238 e. The highest BCUT2D eigenvalue weighted by Gasteiger charge is 2.11. The van der Waals surface area contributed by atoms with Crippen molar-refractivity contribution in [1.29, 1.82) is 0 Å². The Morgan fingerprint density at radius 3 is 2.58 bits per heavy atom. The van der Waals surface area contributed by atoms with Crippen molar-refractivity contribution >= 4 is 23.4 Å². The Balaban J connectivity index is 2.28. The number of unbranched alkanes of at least 4 members (excludes halogenated alkanes) is 1. The van der Waals surface area contributed by atoms with Crippen molar-refractivity contribution in [3.05, 3.63) is 29.8 Å². The third kappa shape index (κ3) is 6.02. The second-order valence-corrected chi connectivity index (χ2v) is 5.01. The monoisotopic (exact) mass is 288 g/mol. The van der Waals surface area contributed by atoms with Gasteiger partial charge in [0.2, 0.25) is 5.91 Å². The van der Waals surface area contributed by atoms with Crippen LogP contribution in [0.4, 0.5) is 14.5 Å². The third-order valence-corrected chi connectivity index (χ3v) is 3.16. The zero-order valence-corrected chi connectivity index (χ0v) is 11.7. The number of hydrogen-bond donors (Lipinski definition) is 2. The van der Waals surface area contributed by atoms with E-state index in [1.165, 1.54) is 6.07 Å². The van der Waals surface area contributed by atoms with Crippen LogP contribution in [-0.2, 0) is 4.79 Å². The van der Waals surface area contributed by atoms with Gasteiger partial charge in [-0.1, -0.05) is 6.07 Å². The number of thioether (sulfide) groups is 1. The molecule has 0 saturated heterocycles. The molecule has 0 fully saturated rings. The predicted octanol–water partition coefficient (Wildman–Crippen LogP) is 2.64. The SMILES string of the molecule is CSCCCCNCC(=O)Nc1c(F)cccc1F. The molecule has 0 aliphatic rings. The molecule has 0 saturated carbocycles. The molecule has 0 heterocycles. The molecule has 1 aromatic carbocycles. The van der Waals surface area contributed by atoms with E-state index in [9.17, 15) is 13.6 Å². The highest BCUT2D eigenvalue weighted by molar-refractivity contribution is 7.98. The highest BCUT2D eigenvalue weighted by atomic mass is 32.2. The summed E-state index contributed by atoms with van der Waals surface area (Å²) in [5.74, 6) is -0.899. The van der Waals surface area contributed by atoms with Gasteiger partial charge in [0.15, 0.2) is 0 Å². The molecule has 0 aromatic heterocycles. The number of hydrogen-bond acceptors (Lipinski definition) is 3. The normalized spacial score (nSPS) is 10.5. The largest absolute Gasteiger partial charge is 0.320 e. The fourth-order valence-corrected chi connectivity index (χ4v) is 1.99. The van der Waals surface area contributed by atoms with Crippen LogP contribution in [0.15, 0.2) is 18.2 Å². The van der Waals surface area contributed by atoms with Crippen LogP contribution in [0.25, 0.3) is 0 Å². The molecular weight excluding hydrogens is 270 g/mol. The first kappa shape index (κ1) is 15.9. The Morgan fingerprint density at radius 1 is 1.26 bits per heavy atom. The van der Waals surface area contributed by atoms with E-state index in [4.69, 9.17) is 0 Å². The van der Waals surface area contributed by atoms with Gasteiger partial charge in [0, 0.05) is 0 Å². The molecule has 0 atom stereocenters. The molecule has 0 aliphatic heterocycles. The lowest BCUT2D eigenvalue weighted by molar-refractivity contribution is -0.115. The van der Waals surface area contributed by atoms with Crippen molar-refractivity contribution in [2.24, 2.45) is 0 Å². The van der Waals surface area contributed by atoms with E-state index in [0.717, 1.165) is 30.7 Å². The Morgan fingerprint density at radius 2 is 1.95 bits per heavy atom. The summed E-state index contributed by atoms with van der Waals surface area (Å²) >= 11 is 1.78. The molecule has 1 amide bonds. The van der Waals surface area contributed by atoms with Gasteiger partial charge in [0.05, 0.1) is 6.54 Å². The lowest BCUT2D eigenvalue weighted by Crippen LogP contribution is -2.29. The van der Waals surface area contributed by atoms with Gasteiger partial charge in [-0.05, 0) is 43.5 Å². The fraction of sp³-hybridized carbons (Fsp3) is 0.462. The van der Waals surface area contributed by atoms with Crippen molar-refractivity contribution < 1.29 is 13.6 Å². The third-order valence-electron chi connectivity index (χ3n) is 2.46. The van der Waals surface area contributed by atoms with Crippen molar-refractivity contribution in [3.8, 4) is 0 Å². The summed E-state index contributed by atoms with van der Waals surface area (Å²) in [6.45, 7) is 0.765. The first-order chi connectivity index (χ1) is 9.15. The smallest absolute Gasteiger partial charge is 0.238 e. The number of rotatable bonds is 8. The van der Waals surface area contributed by atoms with Gasteiger partial charge >= 0.3 is 0 Å². The number of anilines is 1. The number of carbonyl (C=O) groups is 1. The maximum absolute atomic E-state index is 13.3. The van der Waals surface area contributed by atoms with E-state index in [2.05, 4.69) is 10.6 Å². The van der Waals surface area contributed by atoms with Gasteiger partial charge in [-0.25, -0.2) is 8.78 Å².